The molecule has 1 aromatic rings. The van der Waals surface area contributed by atoms with Gasteiger partial charge < -0.3 is 4.74 Å². The fourth-order valence-electron chi connectivity index (χ4n) is 1.29. The standard InChI is InChI=1S/C11H12F3NO4S/c1-2-20(17,18)9-6-4-3-5-8(9)15-10(16)19-7-11(12,13)14/h3-6H,2,7H2,1H3,(H,15,16). The number of nitrogens with one attached hydrogen (secondary N) is 1. The van der Waals surface area contributed by atoms with Crippen LogP contribution in [0.15, 0.2) is 29.2 Å². The first-order chi connectivity index (χ1) is 9.15. The van der Waals surface area contributed by atoms with Gasteiger partial charge in [-0.2, -0.15) is 13.2 Å². The van der Waals surface area contributed by atoms with E-state index in [1.54, 1.807) is 0 Å². The summed E-state index contributed by atoms with van der Waals surface area (Å²) in [5.74, 6) is -0.205. The van der Waals surface area contributed by atoms with Gasteiger partial charge in [0.1, 0.15) is 0 Å². The SMILES string of the molecule is CCS(=O)(=O)c1ccccc1NC(=O)OCC(F)(F)F. The molecule has 0 saturated carbocycles. The number of ether oxygens (including phenoxy) is 1. The Balaban J connectivity index is 2.86. The van der Waals surface area contributed by atoms with Crippen LogP contribution in [-0.4, -0.2) is 33.0 Å². The van der Waals surface area contributed by atoms with Crippen LogP contribution in [0.1, 0.15) is 6.92 Å². The molecular weight excluding hydrogens is 299 g/mol. The van der Waals surface area contributed by atoms with Crippen molar-refractivity contribution in [2.24, 2.45) is 0 Å². The number of sulfone groups is 1. The minimum atomic E-state index is -4.65. The number of hydrogen-bond acceptors (Lipinski definition) is 4. The van der Waals surface area contributed by atoms with Crippen LogP contribution >= 0.6 is 0 Å². The van der Waals surface area contributed by atoms with Crippen molar-refractivity contribution >= 4 is 21.6 Å². The summed E-state index contributed by atoms with van der Waals surface area (Å²) >= 11 is 0. The maximum absolute atomic E-state index is 11.9. The Morgan fingerprint density at radius 1 is 1.30 bits per heavy atom. The van der Waals surface area contributed by atoms with Gasteiger partial charge in [0, 0.05) is 0 Å². The number of anilines is 1. The van der Waals surface area contributed by atoms with Gasteiger partial charge in [-0.25, -0.2) is 13.2 Å². The smallest absolute Gasteiger partial charge is 0.422 e. The minimum absolute atomic E-state index is 0.124. The Hall–Kier alpha value is -1.77. The zero-order valence-corrected chi connectivity index (χ0v) is 11.2. The minimum Gasteiger partial charge on any atom is -0.440 e. The van der Waals surface area contributed by atoms with Gasteiger partial charge in [0.2, 0.25) is 0 Å². The van der Waals surface area contributed by atoms with E-state index in [9.17, 15) is 26.4 Å². The lowest BCUT2D eigenvalue weighted by Gasteiger charge is -2.12. The molecule has 5 nitrogen and oxygen atoms in total. The Bertz CT molecular complexity index is 584. The summed E-state index contributed by atoms with van der Waals surface area (Å²) < 4.78 is 63.1. The second kappa shape index (κ2) is 6.12. The fraction of sp³-hybridized carbons (Fsp3) is 0.364. The Morgan fingerprint density at radius 3 is 2.45 bits per heavy atom. The number of carbonyl (C=O) groups excluding carboxylic acids is 1. The zero-order valence-electron chi connectivity index (χ0n) is 10.4. The first kappa shape index (κ1) is 16.3. The molecule has 9 heteroatoms. The lowest BCUT2D eigenvalue weighted by molar-refractivity contribution is -0.159. The van der Waals surface area contributed by atoms with Crippen LogP contribution in [0.2, 0.25) is 0 Å². The highest BCUT2D eigenvalue weighted by molar-refractivity contribution is 7.91. The van der Waals surface area contributed by atoms with E-state index in [2.05, 4.69) is 4.74 Å². The van der Waals surface area contributed by atoms with E-state index in [0.29, 0.717) is 0 Å². The van der Waals surface area contributed by atoms with Crippen LogP contribution in [-0.2, 0) is 14.6 Å². The lowest BCUT2D eigenvalue weighted by Crippen LogP contribution is -2.24. The van der Waals surface area contributed by atoms with E-state index in [1.165, 1.54) is 31.2 Å². The van der Waals surface area contributed by atoms with E-state index >= 15 is 0 Å². The molecule has 0 spiro atoms. The van der Waals surface area contributed by atoms with Gasteiger partial charge in [-0.05, 0) is 12.1 Å². The summed E-state index contributed by atoms with van der Waals surface area (Å²) in [7, 11) is -3.61. The van der Waals surface area contributed by atoms with Crippen molar-refractivity contribution < 1.29 is 31.1 Å². The zero-order chi connectivity index (χ0) is 15.4. The van der Waals surface area contributed by atoms with E-state index < -0.39 is 28.7 Å². The van der Waals surface area contributed by atoms with E-state index in [1.807, 2.05) is 5.32 Å². The normalized spacial score (nSPS) is 12.0. The number of carbonyl (C=O) groups is 1. The Kier molecular flexibility index (Phi) is 4.98. The quantitative estimate of drug-likeness (QED) is 0.927. The molecule has 1 aromatic carbocycles. The van der Waals surface area contributed by atoms with Crippen LogP contribution in [0, 0.1) is 0 Å². The molecule has 0 aliphatic heterocycles. The summed E-state index contributed by atoms with van der Waals surface area (Å²) in [6.07, 6.45) is -6.02. The van der Waals surface area contributed by atoms with Gasteiger partial charge in [0.05, 0.1) is 16.3 Å². The van der Waals surface area contributed by atoms with Gasteiger partial charge >= 0.3 is 12.3 Å². The molecular formula is C11H12F3NO4S. The van der Waals surface area contributed by atoms with Crippen LogP contribution < -0.4 is 5.32 Å². The molecule has 0 radical (unpaired) electrons. The predicted molar refractivity (Wildman–Crippen MR) is 65.2 cm³/mol. The number of para-hydroxylation sites is 1. The third-order valence-electron chi connectivity index (χ3n) is 2.21. The molecule has 1 amide bonds. The highest BCUT2D eigenvalue weighted by atomic mass is 32.2. The summed E-state index contributed by atoms with van der Waals surface area (Å²) in [6.45, 7) is -0.338. The number of halogens is 3. The molecule has 0 unspecified atom stereocenters. The second-order valence-electron chi connectivity index (χ2n) is 3.72. The molecule has 0 heterocycles. The summed E-state index contributed by atoms with van der Waals surface area (Å²) in [6, 6.07) is 5.39. The molecule has 1 N–H and O–H groups in total. The number of rotatable bonds is 4. The molecule has 0 bridgehead atoms. The molecule has 0 saturated heterocycles. The third-order valence-corrected chi connectivity index (χ3v) is 3.99. The lowest BCUT2D eigenvalue weighted by atomic mass is 10.3. The molecule has 0 fully saturated rings. The summed E-state index contributed by atoms with van der Waals surface area (Å²) in [4.78, 5) is 11.0. The number of hydrogen-bond donors (Lipinski definition) is 1. The Labute approximate surface area is 113 Å². The van der Waals surface area contributed by atoms with Crippen molar-refractivity contribution in [3.05, 3.63) is 24.3 Å². The van der Waals surface area contributed by atoms with Crippen molar-refractivity contribution in [1.29, 1.82) is 0 Å². The average molecular weight is 311 g/mol. The molecule has 20 heavy (non-hydrogen) atoms. The maximum Gasteiger partial charge on any atom is 0.422 e. The number of benzene rings is 1. The molecule has 0 aliphatic carbocycles. The van der Waals surface area contributed by atoms with Gasteiger partial charge in [-0.1, -0.05) is 19.1 Å². The average Bonchev–Trinajstić information content (AvgIpc) is 2.36. The fourth-order valence-corrected chi connectivity index (χ4v) is 2.34. The van der Waals surface area contributed by atoms with Crippen molar-refractivity contribution in [3.8, 4) is 0 Å². The van der Waals surface area contributed by atoms with Gasteiger partial charge in [0.25, 0.3) is 0 Å². The maximum atomic E-state index is 11.9. The number of amides is 1. The van der Waals surface area contributed by atoms with Crippen molar-refractivity contribution in [2.75, 3.05) is 17.7 Å². The van der Waals surface area contributed by atoms with E-state index in [0.717, 1.165) is 0 Å². The van der Waals surface area contributed by atoms with Gasteiger partial charge in [-0.3, -0.25) is 5.32 Å². The molecule has 1 rings (SSSR count). The van der Waals surface area contributed by atoms with Gasteiger partial charge in [0.15, 0.2) is 16.4 Å². The molecule has 0 atom stereocenters. The van der Waals surface area contributed by atoms with Crippen molar-refractivity contribution in [3.63, 3.8) is 0 Å². The second-order valence-corrected chi connectivity index (χ2v) is 5.96. The van der Waals surface area contributed by atoms with E-state index in [4.69, 9.17) is 0 Å². The highest BCUT2D eigenvalue weighted by Crippen LogP contribution is 2.22. The predicted octanol–water partition coefficient (Wildman–Crippen LogP) is 2.59. The summed E-state index contributed by atoms with van der Waals surface area (Å²) in [5, 5.41) is 1.98. The largest absolute Gasteiger partial charge is 0.440 e. The monoisotopic (exact) mass is 311 g/mol. The topological polar surface area (TPSA) is 72.5 Å². The molecule has 112 valence electrons. The van der Waals surface area contributed by atoms with Crippen LogP contribution in [0.3, 0.4) is 0 Å². The highest BCUT2D eigenvalue weighted by Gasteiger charge is 2.30. The van der Waals surface area contributed by atoms with Crippen LogP contribution in [0.25, 0.3) is 0 Å². The molecule has 0 aliphatic rings. The van der Waals surface area contributed by atoms with Crippen LogP contribution in [0.4, 0.5) is 23.7 Å². The Morgan fingerprint density at radius 2 is 1.90 bits per heavy atom. The number of alkyl halides is 3. The summed E-state index contributed by atoms with van der Waals surface area (Å²) in [5.41, 5.74) is -0.124. The van der Waals surface area contributed by atoms with Crippen LogP contribution in [0.5, 0.6) is 0 Å². The molecule has 0 aromatic heterocycles. The first-order valence-corrected chi connectivity index (χ1v) is 7.13. The van der Waals surface area contributed by atoms with Crippen molar-refractivity contribution in [1.82, 2.24) is 0 Å². The third kappa shape index (κ3) is 4.72. The van der Waals surface area contributed by atoms with E-state index in [-0.39, 0.29) is 16.3 Å². The van der Waals surface area contributed by atoms with Gasteiger partial charge in [-0.15, -0.1) is 0 Å². The first-order valence-electron chi connectivity index (χ1n) is 5.48. The van der Waals surface area contributed by atoms with Crippen molar-refractivity contribution in [2.45, 2.75) is 18.0 Å².